The summed E-state index contributed by atoms with van der Waals surface area (Å²) in [5.74, 6) is 1.83. The predicted octanol–water partition coefficient (Wildman–Crippen LogP) is 2.70. The molecule has 1 heterocycles. The third kappa shape index (κ3) is 2.00. The van der Waals surface area contributed by atoms with Crippen LogP contribution in [0.15, 0.2) is 6.07 Å². The Labute approximate surface area is 122 Å². The maximum Gasteiger partial charge on any atom is 0.184 e. The van der Waals surface area contributed by atoms with E-state index in [4.69, 9.17) is 9.47 Å². The Bertz CT molecular complexity index is 523. The summed E-state index contributed by atoms with van der Waals surface area (Å²) in [7, 11) is 5.57. The van der Waals surface area contributed by atoms with Crippen LogP contribution in [-0.4, -0.2) is 37.6 Å². The smallest absolute Gasteiger partial charge is 0.184 e. The second kappa shape index (κ2) is 5.07. The molecule has 0 N–H and O–H groups in total. The van der Waals surface area contributed by atoms with E-state index < -0.39 is 0 Å². The molecule has 3 nitrogen and oxygen atoms in total. The van der Waals surface area contributed by atoms with Crippen molar-refractivity contribution in [3.05, 3.63) is 20.8 Å². The minimum atomic E-state index is 0.506. The van der Waals surface area contributed by atoms with Gasteiger partial charge in [0.25, 0.3) is 0 Å². The van der Waals surface area contributed by atoms with Crippen molar-refractivity contribution < 1.29 is 14.0 Å². The molecule has 0 saturated carbocycles. The van der Waals surface area contributed by atoms with Gasteiger partial charge < -0.3 is 9.47 Å². The van der Waals surface area contributed by atoms with Crippen molar-refractivity contribution in [2.45, 2.75) is 26.3 Å². The van der Waals surface area contributed by atoms with Gasteiger partial charge in [0.05, 0.1) is 23.4 Å². The molecule has 4 heteroatoms. The zero-order chi connectivity index (χ0) is 13.4. The molecule has 1 unspecified atom stereocenters. The monoisotopic (exact) mass is 360 g/mol. The summed E-state index contributed by atoms with van der Waals surface area (Å²) in [6.45, 7) is 4.39. The summed E-state index contributed by atoms with van der Waals surface area (Å²) in [6, 6.07) is 2.65. The number of benzene rings is 1. The molecule has 0 radical (unpaired) electrons. The summed E-state index contributed by atoms with van der Waals surface area (Å²) in [4.78, 5) is 0. The van der Waals surface area contributed by atoms with Gasteiger partial charge in [-0.3, -0.25) is 0 Å². The molecule has 1 aromatic rings. The fourth-order valence-electron chi connectivity index (χ4n) is 2.52. The average Bonchev–Trinajstić information content (AvgIpc) is 2.36. The van der Waals surface area contributed by atoms with Crippen molar-refractivity contribution in [1.29, 1.82) is 0 Å². The molecule has 0 aromatic heterocycles. The third-order valence-electron chi connectivity index (χ3n) is 3.76. The highest BCUT2D eigenvalue weighted by Gasteiger charge is 2.31. The van der Waals surface area contributed by atoms with Gasteiger partial charge in [0.15, 0.2) is 11.8 Å². The quantitative estimate of drug-likeness (QED) is 0.598. The van der Waals surface area contributed by atoms with Gasteiger partial charge in [0.1, 0.15) is 18.5 Å². The lowest BCUT2D eigenvalue weighted by Crippen LogP contribution is -2.33. The van der Waals surface area contributed by atoms with Gasteiger partial charge in [0, 0.05) is 13.3 Å². The van der Waals surface area contributed by atoms with Crippen LogP contribution >= 0.6 is 22.6 Å². The lowest BCUT2D eigenvalue weighted by atomic mass is 9.92. The molecule has 0 fully saturated rings. The van der Waals surface area contributed by atoms with Crippen molar-refractivity contribution in [2.24, 2.45) is 0 Å². The molecule has 0 aliphatic carbocycles. The zero-order valence-corrected chi connectivity index (χ0v) is 13.7. The van der Waals surface area contributed by atoms with E-state index in [-0.39, 0.29) is 0 Å². The van der Waals surface area contributed by atoms with Crippen LogP contribution in [0.4, 0.5) is 0 Å². The van der Waals surface area contributed by atoms with Crippen LogP contribution in [-0.2, 0) is 6.42 Å². The summed E-state index contributed by atoms with van der Waals surface area (Å²) >= 11 is 2.29. The van der Waals surface area contributed by atoms with E-state index >= 15 is 0 Å². The number of fused-ring (bicyclic) bond motifs is 1. The third-order valence-corrected chi connectivity index (χ3v) is 4.78. The molecular weight excluding hydrogens is 341 g/mol. The second-order valence-electron chi connectivity index (χ2n) is 4.71. The summed E-state index contributed by atoms with van der Waals surface area (Å²) in [5.41, 5.74) is 3.80. The molecule has 0 amide bonds. The van der Waals surface area contributed by atoms with Crippen LogP contribution in [0.25, 0.3) is 0 Å². The van der Waals surface area contributed by atoms with Gasteiger partial charge in [-0.2, -0.15) is 0 Å². The molecule has 98 valence electrons. The van der Waals surface area contributed by atoms with E-state index in [0.717, 1.165) is 21.5 Å². The maximum atomic E-state index is 5.60. The van der Waals surface area contributed by atoms with Gasteiger partial charge in [-0.15, -0.1) is 0 Å². The minimum absolute atomic E-state index is 0.506. The summed E-state index contributed by atoms with van der Waals surface area (Å²) in [5, 5.41) is 0. The van der Waals surface area contributed by atoms with Crippen LogP contribution < -0.4 is 9.47 Å². The van der Waals surface area contributed by atoms with E-state index in [2.05, 4.69) is 54.1 Å². The van der Waals surface area contributed by atoms with Crippen LogP contribution in [0.2, 0.25) is 0 Å². The Hall–Kier alpha value is -0.780. The Balaban J connectivity index is 2.75. The molecule has 1 aliphatic heterocycles. The summed E-state index contributed by atoms with van der Waals surface area (Å²) in [6.07, 6.45) is 1.02. The number of rotatable bonds is 2. The largest absolute Gasteiger partial charge is 0.495 e. The normalized spacial score (nSPS) is 18.7. The van der Waals surface area contributed by atoms with Gasteiger partial charge in [-0.05, 0) is 41.1 Å². The van der Waals surface area contributed by atoms with E-state index in [1.807, 2.05) is 0 Å². The Morgan fingerprint density at radius 1 is 1.33 bits per heavy atom. The first kappa shape index (κ1) is 13.6. The molecular formula is C14H19INO2+. The zero-order valence-electron chi connectivity index (χ0n) is 11.5. The number of ether oxygens (including phenoxy) is 2. The Morgan fingerprint density at radius 3 is 2.56 bits per heavy atom. The van der Waals surface area contributed by atoms with Gasteiger partial charge in [0.2, 0.25) is 0 Å². The van der Waals surface area contributed by atoms with Crippen LogP contribution in [0.5, 0.6) is 11.5 Å². The second-order valence-corrected chi connectivity index (χ2v) is 5.79. The van der Waals surface area contributed by atoms with E-state index in [9.17, 15) is 0 Å². The van der Waals surface area contributed by atoms with Gasteiger partial charge in [-0.25, -0.2) is 4.58 Å². The van der Waals surface area contributed by atoms with Crippen LogP contribution in [0.1, 0.15) is 25.0 Å². The standard InChI is InChI=1S/C14H19INO2/c1-8-6-10-7-11(17-4)13(15)14(18-5)12(10)9(2)16(8)3/h7-8H,6H2,1-5H3/q+1. The SMILES string of the molecule is COc1cc2c(c(OC)c1I)C(C)=[N+](C)C(C)C2. The lowest BCUT2D eigenvalue weighted by Gasteiger charge is -2.23. The molecule has 0 bridgehead atoms. The van der Waals surface area contributed by atoms with Crippen molar-refractivity contribution in [2.75, 3.05) is 21.3 Å². The Morgan fingerprint density at radius 2 is 2.00 bits per heavy atom. The first-order chi connectivity index (χ1) is 8.51. The number of nitrogens with zero attached hydrogens (tertiary/aromatic N) is 1. The first-order valence-corrected chi connectivity index (χ1v) is 7.09. The fourth-order valence-corrected chi connectivity index (χ4v) is 3.39. The fraction of sp³-hybridized carbons (Fsp3) is 0.500. The number of halogens is 1. The highest BCUT2D eigenvalue weighted by Crippen LogP contribution is 2.38. The highest BCUT2D eigenvalue weighted by molar-refractivity contribution is 14.1. The summed E-state index contributed by atoms with van der Waals surface area (Å²) < 4.78 is 14.4. The number of hydrogen-bond donors (Lipinski definition) is 0. The number of likely N-dealkylation sites (N-methyl/N-ethyl adjacent to an activating group) is 1. The number of hydrogen-bond acceptors (Lipinski definition) is 2. The lowest BCUT2D eigenvalue weighted by molar-refractivity contribution is -0.535. The molecule has 2 rings (SSSR count). The van der Waals surface area contributed by atoms with Crippen molar-refractivity contribution >= 4 is 28.3 Å². The number of methoxy groups -OCH3 is 2. The highest BCUT2D eigenvalue weighted by atomic mass is 127. The van der Waals surface area contributed by atoms with Gasteiger partial charge >= 0.3 is 0 Å². The van der Waals surface area contributed by atoms with E-state index in [1.54, 1.807) is 14.2 Å². The molecule has 1 aromatic carbocycles. The first-order valence-electron chi connectivity index (χ1n) is 6.01. The topological polar surface area (TPSA) is 21.5 Å². The van der Waals surface area contributed by atoms with E-state index in [1.165, 1.54) is 16.8 Å². The predicted molar refractivity (Wildman–Crippen MR) is 81.4 cm³/mol. The minimum Gasteiger partial charge on any atom is -0.495 e. The van der Waals surface area contributed by atoms with Crippen LogP contribution in [0.3, 0.4) is 0 Å². The molecule has 1 aliphatic rings. The van der Waals surface area contributed by atoms with Crippen molar-refractivity contribution in [1.82, 2.24) is 0 Å². The van der Waals surface area contributed by atoms with Crippen molar-refractivity contribution in [3.8, 4) is 11.5 Å². The average molecular weight is 360 g/mol. The van der Waals surface area contributed by atoms with Gasteiger partial charge in [-0.1, -0.05) is 0 Å². The maximum absolute atomic E-state index is 5.60. The Kier molecular flexibility index (Phi) is 3.84. The van der Waals surface area contributed by atoms with Crippen LogP contribution in [0, 0.1) is 3.57 Å². The van der Waals surface area contributed by atoms with Crippen molar-refractivity contribution in [3.63, 3.8) is 0 Å². The molecule has 0 spiro atoms. The molecule has 18 heavy (non-hydrogen) atoms. The molecule has 0 saturated heterocycles. The van der Waals surface area contributed by atoms with E-state index in [0.29, 0.717) is 6.04 Å². The molecule has 1 atom stereocenters.